The summed E-state index contributed by atoms with van der Waals surface area (Å²) >= 11 is 0. The van der Waals surface area contributed by atoms with Crippen LogP contribution in [0.2, 0.25) is 0 Å². The third kappa shape index (κ3) is 4.31. The number of hydrogen-bond acceptors (Lipinski definition) is 4. The zero-order chi connectivity index (χ0) is 14.5. The van der Waals surface area contributed by atoms with Crippen molar-refractivity contribution in [3.05, 3.63) is 12.2 Å². The van der Waals surface area contributed by atoms with Gasteiger partial charge in [0.25, 0.3) is 5.91 Å². The first-order valence-electron chi connectivity index (χ1n) is 5.74. The van der Waals surface area contributed by atoms with E-state index in [4.69, 9.17) is 4.74 Å². The molecule has 1 amide bonds. The molecule has 0 aromatic carbocycles. The van der Waals surface area contributed by atoms with Crippen molar-refractivity contribution in [2.45, 2.75) is 46.2 Å². The Balaban J connectivity index is 4.86. The van der Waals surface area contributed by atoms with Gasteiger partial charge in [-0.3, -0.25) is 9.59 Å². The van der Waals surface area contributed by atoms with Crippen LogP contribution in [0.3, 0.4) is 0 Å². The van der Waals surface area contributed by atoms with E-state index < -0.39 is 17.4 Å². The standard InChI is InChI=1S/C13H21NO4/c1-9(2)12(17)18-8-13(5,6)14(10(3)4)11(16)7-15/h7,10H,1,8H2,2-6H3. The van der Waals surface area contributed by atoms with E-state index in [1.165, 1.54) is 4.90 Å². The molecule has 0 aromatic heterocycles. The molecule has 102 valence electrons. The normalized spacial score (nSPS) is 11.0. The Morgan fingerprint density at radius 2 is 1.89 bits per heavy atom. The number of carbonyl (C=O) groups is 3. The van der Waals surface area contributed by atoms with Crippen LogP contribution in [0.25, 0.3) is 0 Å². The van der Waals surface area contributed by atoms with Crippen LogP contribution in [0.4, 0.5) is 0 Å². The molecule has 0 heterocycles. The number of rotatable bonds is 6. The van der Waals surface area contributed by atoms with Crippen LogP contribution in [0.15, 0.2) is 12.2 Å². The summed E-state index contributed by atoms with van der Waals surface area (Å²) in [5, 5.41) is 0. The predicted octanol–water partition coefficient (Wildman–Crippen LogP) is 1.32. The van der Waals surface area contributed by atoms with Gasteiger partial charge in [0.15, 0.2) is 0 Å². The number of hydrogen-bond donors (Lipinski definition) is 0. The number of amides is 1. The molecular weight excluding hydrogens is 234 g/mol. The van der Waals surface area contributed by atoms with Gasteiger partial charge in [-0.15, -0.1) is 0 Å². The Morgan fingerprint density at radius 1 is 1.39 bits per heavy atom. The van der Waals surface area contributed by atoms with Crippen molar-refractivity contribution in [3.8, 4) is 0 Å². The van der Waals surface area contributed by atoms with Gasteiger partial charge in [-0.1, -0.05) is 6.58 Å². The van der Waals surface area contributed by atoms with Crippen molar-refractivity contribution in [3.63, 3.8) is 0 Å². The zero-order valence-corrected chi connectivity index (χ0v) is 11.6. The molecule has 0 aliphatic heterocycles. The molecule has 0 unspecified atom stereocenters. The molecule has 0 saturated carbocycles. The molecule has 5 nitrogen and oxygen atoms in total. The van der Waals surface area contributed by atoms with Gasteiger partial charge in [0, 0.05) is 11.6 Å². The number of carbonyl (C=O) groups excluding carboxylic acids is 3. The summed E-state index contributed by atoms with van der Waals surface area (Å²) in [6.45, 7) is 12.1. The third-order valence-corrected chi connectivity index (χ3v) is 2.41. The number of esters is 1. The summed E-state index contributed by atoms with van der Waals surface area (Å²) in [5.74, 6) is -1.13. The van der Waals surface area contributed by atoms with E-state index in [0.717, 1.165) is 0 Å². The quantitative estimate of drug-likeness (QED) is 0.311. The highest BCUT2D eigenvalue weighted by Gasteiger charge is 2.34. The van der Waals surface area contributed by atoms with Crippen LogP contribution in [-0.2, 0) is 19.1 Å². The molecule has 0 bridgehead atoms. The molecule has 0 aromatic rings. The molecule has 0 N–H and O–H groups in total. The molecular formula is C13H21NO4. The predicted molar refractivity (Wildman–Crippen MR) is 67.9 cm³/mol. The van der Waals surface area contributed by atoms with Gasteiger partial charge in [0.2, 0.25) is 6.29 Å². The fourth-order valence-electron chi connectivity index (χ4n) is 1.74. The van der Waals surface area contributed by atoms with Gasteiger partial charge in [-0.25, -0.2) is 4.79 Å². The van der Waals surface area contributed by atoms with Crippen LogP contribution in [0.5, 0.6) is 0 Å². The fourth-order valence-corrected chi connectivity index (χ4v) is 1.74. The minimum Gasteiger partial charge on any atom is -0.460 e. The molecule has 0 atom stereocenters. The molecule has 0 fully saturated rings. The minimum absolute atomic E-state index is 0.0104. The van der Waals surface area contributed by atoms with Crippen molar-refractivity contribution in [1.29, 1.82) is 0 Å². The highest BCUT2D eigenvalue weighted by Crippen LogP contribution is 2.18. The van der Waals surface area contributed by atoms with E-state index in [1.807, 2.05) is 0 Å². The van der Waals surface area contributed by atoms with Crippen molar-refractivity contribution in [2.24, 2.45) is 0 Å². The van der Waals surface area contributed by atoms with Gasteiger partial charge in [-0.2, -0.15) is 0 Å². The first-order chi connectivity index (χ1) is 8.13. The average molecular weight is 255 g/mol. The lowest BCUT2D eigenvalue weighted by atomic mass is 10.0. The highest BCUT2D eigenvalue weighted by molar-refractivity contribution is 6.23. The summed E-state index contributed by atoms with van der Waals surface area (Å²) in [7, 11) is 0. The monoisotopic (exact) mass is 255 g/mol. The summed E-state index contributed by atoms with van der Waals surface area (Å²) in [6, 6.07) is -0.166. The summed E-state index contributed by atoms with van der Waals surface area (Å²) in [5.41, 5.74) is -0.458. The van der Waals surface area contributed by atoms with Crippen LogP contribution in [0.1, 0.15) is 34.6 Å². The SMILES string of the molecule is C=C(C)C(=O)OCC(C)(C)N(C(=O)C=O)C(C)C. The lowest BCUT2D eigenvalue weighted by Crippen LogP contribution is -2.54. The molecule has 0 radical (unpaired) electrons. The van der Waals surface area contributed by atoms with Crippen LogP contribution in [0, 0.1) is 0 Å². The Hall–Kier alpha value is -1.65. The van der Waals surface area contributed by atoms with Gasteiger partial charge >= 0.3 is 5.97 Å². The first-order valence-corrected chi connectivity index (χ1v) is 5.74. The van der Waals surface area contributed by atoms with Gasteiger partial charge in [-0.05, 0) is 34.6 Å². The number of aldehydes is 1. The molecule has 0 rings (SSSR count). The van der Waals surface area contributed by atoms with Gasteiger partial charge in [0.05, 0.1) is 5.54 Å². The maximum atomic E-state index is 11.6. The second-order valence-electron chi connectivity index (χ2n) is 5.09. The second kappa shape index (κ2) is 6.33. The number of nitrogens with zero attached hydrogens (tertiary/aromatic N) is 1. The van der Waals surface area contributed by atoms with E-state index in [1.54, 1.807) is 34.6 Å². The molecule has 0 saturated heterocycles. The molecule has 0 aliphatic carbocycles. The van der Waals surface area contributed by atoms with Crippen molar-refractivity contribution < 1.29 is 19.1 Å². The van der Waals surface area contributed by atoms with Crippen molar-refractivity contribution in [1.82, 2.24) is 4.90 Å². The van der Waals surface area contributed by atoms with E-state index in [0.29, 0.717) is 5.57 Å². The third-order valence-electron chi connectivity index (χ3n) is 2.41. The van der Waals surface area contributed by atoms with Crippen molar-refractivity contribution >= 4 is 18.2 Å². The average Bonchev–Trinajstić information content (AvgIpc) is 2.24. The topological polar surface area (TPSA) is 63.7 Å². The van der Waals surface area contributed by atoms with Gasteiger partial charge in [0.1, 0.15) is 6.61 Å². The van der Waals surface area contributed by atoms with E-state index in [2.05, 4.69) is 6.58 Å². The minimum atomic E-state index is -0.753. The van der Waals surface area contributed by atoms with E-state index in [-0.39, 0.29) is 18.9 Å². The Bertz CT molecular complexity index is 358. The number of ether oxygens (including phenoxy) is 1. The fraction of sp³-hybridized carbons (Fsp3) is 0.615. The lowest BCUT2D eigenvalue weighted by molar-refractivity contribution is -0.152. The second-order valence-corrected chi connectivity index (χ2v) is 5.09. The summed E-state index contributed by atoms with van der Waals surface area (Å²) in [6.07, 6.45) is 0.266. The van der Waals surface area contributed by atoms with E-state index >= 15 is 0 Å². The Kier molecular flexibility index (Phi) is 5.75. The van der Waals surface area contributed by atoms with E-state index in [9.17, 15) is 14.4 Å². The molecule has 5 heteroatoms. The smallest absolute Gasteiger partial charge is 0.333 e. The van der Waals surface area contributed by atoms with Crippen LogP contribution < -0.4 is 0 Å². The summed E-state index contributed by atoms with van der Waals surface area (Å²) in [4.78, 5) is 34.9. The maximum absolute atomic E-state index is 11.6. The van der Waals surface area contributed by atoms with Crippen molar-refractivity contribution in [2.75, 3.05) is 6.61 Å². The molecule has 0 aliphatic rings. The molecule has 0 spiro atoms. The van der Waals surface area contributed by atoms with Gasteiger partial charge < -0.3 is 9.64 Å². The van der Waals surface area contributed by atoms with Crippen LogP contribution >= 0.6 is 0 Å². The zero-order valence-electron chi connectivity index (χ0n) is 11.6. The highest BCUT2D eigenvalue weighted by atomic mass is 16.5. The lowest BCUT2D eigenvalue weighted by Gasteiger charge is -2.39. The van der Waals surface area contributed by atoms with Crippen LogP contribution in [-0.4, -0.2) is 41.3 Å². The maximum Gasteiger partial charge on any atom is 0.333 e. The Morgan fingerprint density at radius 3 is 2.22 bits per heavy atom. The first kappa shape index (κ1) is 16.4. The molecule has 18 heavy (non-hydrogen) atoms. The summed E-state index contributed by atoms with van der Waals surface area (Å²) < 4.78 is 5.05. The largest absolute Gasteiger partial charge is 0.460 e. The Labute approximate surface area is 108 Å².